The van der Waals surface area contributed by atoms with Crippen LogP contribution in [0.5, 0.6) is 0 Å². The van der Waals surface area contributed by atoms with E-state index < -0.39 is 22.0 Å². The van der Waals surface area contributed by atoms with Gasteiger partial charge in [-0.25, -0.2) is 8.42 Å². The highest BCUT2D eigenvalue weighted by Crippen LogP contribution is 2.39. The van der Waals surface area contributed by atoms with E-state index >= 15 is 0 Å². The third-order valence-corrected chi connectivity index (χ3v) is 8.06. The number of benzene rings is 2. The van der Waals surface area contributed by atoms with E-state index in [2.05, 4.69) is 5.32 Å². The van der Waals surface area contributed by atoms with Gasteiger partial charge in [-0.2, -0.15) is 0 Å². The zero-order valence-corrected chi connectivity index (χ0v) is 18.8. The van der Waals surface area contributed by atoms with Crippen molar-refractivity contribution in [2.24, 2.45) is 0 Å². The fourth-order valence-corrected chi connectivity index (χ4v) is 6.72. The van der Waals surface area contributed by atoms with Gasteiger partial charge in [0.25, 0.3) is 10.0 Å². The number of hydrogen-bond acceptors (Lipinski definition) is 4. The molecule has 164 valence electrons. The van der Waals surface area contributed by atoms with Crippen molar-refractivity contribution < 1.29 is 18.0 Å². The molecule has 2 amide bonds. The van der Waals surface area contributed by atoms with Crippen molar-refractivity contribution in [1.29, 1.82) is 0 Å². The molecule has 1 fully saturated rings. The molecule has 7 nitrogen and oxygen atoms in total. The molecule has 2 aliphatic heterocycles. The van der Waals surface area contributed by atoms with Crippen LogP contribution in [0.25, 0.3) is 0 Å². The van der Waals surface area contributed by atoms with Crippen LogP contribution in [0.1, 0.15) is 36.0 Å². The Morgan fingerprint density at radius 3 is 2.32 bits per heavy atom. The largest absolute Gasteiger partial charge is 0.343 e. The number of hydrogen-bond donors (Lipinski definition) is 1. The van der Waals surface area contributed by atoms with Gasteiger partial charge in [-0.05, 0) is 56.9 Å². The number of likely N-dealkylation sites (tertiary alicyclic amines) is 1. The second kappa shape index (κ2) is 8.00. The maximum absolute atomic E-state index is 14.0. The van der Waals surface area contributed by atoms with Gasteiger partial charge >= 0.3 is 0 Å². The fraction of sp³-hybridized carbons (Fsp3) is 0.391. The van der Waals surface area contributed by atoms with E-state index in [0.717, 1.165) is 22.7 Å². The average Bonchev–Trinajstić information content (AvgIpc) is 3.22. The lowest BCUT2D eigenvalue weighted by molar-refractivity contribution is -0.132. The summed E-state index contributed by atoms with van der Waals surface area (Å²) in [5, 5.41) is 2.78. The van der Waals surface area contributed by atoms with Crippen LogP contribution in [0.4, 0.5) is 11.4 Å². The van der Waals surface area contributed by atoms with Gasteiger partial charge in [0.1, 0.15) is 6.04 Å². The van der Waals surface area contributed by atoms with Crippen molar-refractivity contribution in [3.05, 3.63) is 53.1 Å². The third kappa shape index (κ3) is 3.80. The van der Waals surface area contributed by atoms with Crippen molar-refractivity contribution in [2.45, 2.75) is 51.0 Å². The third-order valence-electron chi connectivity index (χ3n) is 5.93. The molecule has 8 heteroatoms. The van der Waals surface area contributed by atoms with Gasteiger partial charge in [0.15, 0.2) is 0 Å². The summed E-state index contributed by atoms with van der Waals surface area (Å²) in [5.74, 6) is -0.688. The van der Waals surface area contributed by atoms with Gasteiger partial charge in [-0.3, -0.25) is 13.9 Å². The summed E-state index contributed by atoms with van der Waals surface area (Å²) in [5.41, 5.74) is 2.99. The molecule has 0 aromatic heterocycles. The van der Waals surface area contributed by atoms with E-state index in [1.807, 2.05) is 19.1 Å². The number of fused-ring (bicyclic) bond motifs is 1. The highest BCUT2D eigenvalue weighted by Gasteiger charge is 2.43. The first-order valence-electron chi connectivity index (χ1n) is 10.5. The molecule has 1 N–H and O–H groups in total. The van der Waals surface area contributed by atoms with Crippen LogP contribution in [-0.4, -0.2) is 44.3 Å². The summed E-state index contributed by atoms with van der Waals surface area (Å²) in [6.07, 6.45) is 1.66. The summed E-state index contributed by atoms with van der Waals surface area (Å²) in [7, 11) is -4.10. The minimum Gasteiger partial charge on any atom is -0.343 e. The topological polar surface area (TPSA) is 86.8 Å². The first-order valence-corrected chi connectivity index (χ1v) is 11.9. The van der Waals surface area contributed by atoms with Crippen molar-refractivity contribution in [1.82, 2.24) is 4.90 Å². The number of amides is 2. The summed E-state index contributed by atoms with van der Waals surface area (Å²) in [6, 6.07) is 9.30. The van der Waals surface area contributed by atoms with Crippen LogP contribution in [0, 0.1) is 20.8 Å². The molecule has 2 heterocycles. The number of sulfonamides is 1. The number of para-hydroxylation sites is 2. The van der Waals surface area contributed by atoms with E-state index in [4.69, 9.17) is 0 Å². The SMILES string of the molecule is Cc1cc(C)c(S(=O)(=O)N2c3ccccc3NC(=O)C2CC(=O)N2CCCC2)c(C)c1. The molecule has 0 spiro atoms. The Morgan fingerprint density at radius 1 is 1.06 bits per heavy atom. The predicted octanol–water partition coefficient (Wildman–Crippen LogP) is 3.14. The van der Waals surface area contributed by atoms with E-state index in [0.29, 0.717) is 35.6 Å². The highest BCUT2D eigenvalue weighted by molar-refractivity contribution is 7.93. The fourth-order valence-electron chi connectivity index (χ4n) is 4.67. The van der Waals surface area contributed by atoms with Crippen LogP contribution >= 0.6 is 0 Å². The summed E-state index contributed by atoms with van der Waals surface area (Å²) < 4.78 is 29.1. The van der Waals surface area contributed by atoms with Crippen molar-refractivity contribution in [2.75, 3.05) is 22.7 Å². The molecule has 2 aliphatic rings. The molecule has 2 aromatic carbocycles. The lowest BCUT2D eigenvalue weighted by atomic mass is 10.1. The van der Waals surface area contributed by atoms with Gasteiger partial charge in [-0.15, -0.1) is 0 Å². The molecule has 1 saturated heterocycles. The Morgan fingerprint density at radius 2 is 1.68 bits per heavy atom. The first-order chi connectivity index (χ1) is 14.7. The van der Waals surface area contributed by atoms with Crippen LogP contribution in [0.2, 0.25) is 0 Å². The maximum atomic E-state index is 14.0. The van der Waals surface area contributed by atoms with Crippen LogP contribution in [0.15, 0.2) is 41.3 Å². The molecule has 2 aromatic rings. The number of rotatable bonds is 4. The number of nitrogens with zero attached hydrogens (tertiary/aromatic N) is 2. The molecule has 0 saturated carbocycles. The lowest BCUT2D eigenvalue weighted by Crippen LogP contribution is -2.53. The molecule has 1 unspecified atom stereocenters. The van der Waals surface area contributed by atoms with Gasteiger partial charge in [0, 0.05) is 13.1 Å². The minimum absolute atomic E-state index is 0.182. The van der Waals surface area contributed by atoms with Crippen LogP contribution < -0.4 is 9.62 Å². The average molecular weight is 442 g/mol. The van der Waals surface area contributed by atoms with Gasteiger partial charge < -0.3 is 10.2 Å². The van der Waals surface area contributed by atoms with E-state index in [1.165, 1.54) is 0 Å². The highest BCUT2D eigenvalue weighted by atomic mass is 32.2. The molecular weight excluding hydrogens is 414 g/mol. The summed E-state index contributed by atoms with van der Waals surface area (Å²) in [6.45, 7) is 6.72. The molecule has 0 aliphatic carbocycles. The maximum Gasteiger partial charge on any atom is 0.265 e. The zero-order valence-electron chi connectivity index (χ0n) is 18.0. The van der Waals surface area contributed by atoms with E-state index in [9.17, 15) is 18.0 Å². The van der Waals surface area contributed by atoms with Gasteiger partial charge in [0.2, 0.25) is 11.8 Å². The van der Waals surface area contributed by atoms with Gasteiger partial charge in [0.05, 0.1) is 22.7 Å². The summed E-state index contributed by atoms with van der Waals surface area (Å²) in [4.78, 5) is 27.8. The standard InChI is InChI=1S/C23H27N3O4S/c1-15-12-16(2)22(17(3)13-15)31(29,30)26-19-9-5-4-8-18(19)24-23(28)20(26)14-21(27)25-10-6-7-11-25/h4-5,8-9,12-13,20H,6-7,10-11,14H2,1-3H3,(H,24,28). The molecule has 4 rings (SSSR count). The van der Waals surface area contributed by atoms with E-state index in [1.54, 1.807) is 43.0 Å². The quantitative estimate of drug-likeness (QED) is 0.790. The Bertz CT molecular complexity index is 1130. The van der Waals surface area contributed by atoms with Crippen molar-refractivity contribution in [3.63, 3.8) is 0 Å². The molecule has 1 atom stereocenters. The second-order valence-electron chi connectivity index (χ2n) is 8.34. The molecular formula is C23H27N3O4S. The Labute approximate surface area is 183 Å². The molecule has 0 radical (unpaired) electrons. The van der Waals surface area contributed by atoms with Crippen LogP contribution in [-0.2, 0) is 19.6 Å². The normalized spacial score (nSPS) is 18.7. The van der Waals surface area contributed by atoms with Gasteiger partial charge in [-0.1, -0.05) is 29.8 Å². The smallest absolute Gasteiger partial charge is 0.265 e. The molecule has 0 bridgehead atoms. The number of carbonyl (C=O) groups is 2. The Kier molecular flexibility index (Phi) is 5.51. The minimum atomic E-state index is -4.10. The lowest BCUT2D eigenvalue weighted by Gasteiger charge is -2.37. The summed E-state index contributed by atoms with van der Waals surface area (Å²) >= 11 is 0. The Hall–Kier alpha value is -2.87. The monoisotopic (exact) mass is 441 g/mol. The number of aryl methyl sites for hydroxylation is 3. The number of anilines is 2. The van der Waals surface area contributed by atoms with E-state index in [-0.39, 0.29) is 17.2 Å². The molecule has 31 heavy (non-hydrogen) atoms. The first kappa shape index (κ1) is 21.4. The Balaban J connectivity index is 1.84. The number of carbonyl (C=O) groups excluding carboxylic acids is 2. The predicted molar refractivity (Wildman–Crippen MR) is 120 cm³/mol. The zero-order chi connectivity index (χ0) is 22.3. The van der Waals surface area contributed by atoms with Crippen molar-refractivity contribution in [3.8, 4) is 0 Å². The second-order valence-corrected chi connectivity index (χ2v) is 10.1. The number of nitrogens with one attached hydrogen (secondary N) is 1. The van der Waals surface area contributed by atoms with Crippen molar-refractivity contribution >= 4 is 33.2 Å². The van der Waals surface area contributed by atoms with Crippen LogP contribution in [0.3, 0.4) is 0 Å².